The Bertz CT molecular complexity index is 979. The SMILES string of the molecule is Cc1ccc(C2=NN(C(=O)C[NH2+][C@H](C)c3ccccc3)[C@@H](c3ccco3)C2)cc1. The molecule has 0 fully saturated rings. The number of aryl methyl sites for hydroxylation is 1. The standard InChI is InChI=1S/C24H25N3O2/c1-17-10-12-20(13-11-17)21-15-22(23-9-6-14-29-23)27(26-21)24(28)16-25-18(2)19-7-4-3-5-8-19/h3-14,18,22,25H,15-16H2,1-2H3/p+1/t18-,22-/m1/s1. The molecule has 0 aliphatic carbocycles. The smallest absolute Gasteiger partial charge is 0.298 e. The maximum atomic E-state index is 13.1. The number of benzene rings is 2. The Hall–Kier alpha value is -3.18. The maximum absolute atomic E-state index is 13.1. The van der Waals surface area contributed by atoms with Crippen LogP contribution >= 0.6 is 0 Å². The molecule has 2 atom stereocenters. The Labute approximate surface area is 171 Å². The Balaban J connectivity index is 1.51. The van der Waals surface area contributed by atoms with Gasteiger partial charge in [0.1, 0.15) is 17.8 Å². The van der Waals surface area contributed by atoms with E-state index in [4.69, 9.17) is 9.52 Å². The first-order chi connectivity index (χ1) is 14.1. The summed E-state index contributed by atoms with van der Waals surface area (Å²) in [6.07, 6.45) is 2.29. The number of nitrogens with zero attached hydrogens (tertiary/aromatic N) is 2. The van der Waals surface area contributed by atoms with E-state index in [1.54, 1.807) is 11.3 Å². The van der Waals surface area contributed by atoms with E-state index in [-0.39, 0.29) is 18.0 Å². The largest absolute Gasteiger partial charge is 0.467 e. The van der Waals surface area contributed by atoms with Crippen LogP contribution in [0.3, 0.4) is 0 Å². The zero-order chi connectivity index (χ0) is 20.2. The molecule has 0 saturated carbocycles. The van der Waals surface area contributed by atoms with E-state index >= 15 is 0 Å². The van der Waals surface area contributed by atoms with Crippen molar-refractivity contribution in [1.29, 1.82) is 0 Å². The lowest BCUT2D eigenvalue weighted by Gasteiger charge is -2.20. The van der Waals surface area contributed by atoms with Crippen LogP contribution in [0.1, 0.15) is 47.9 Å². The van der Waals surface area contributed by atoms with Crippen molar-refractivity contribution < 1.29 is 14.5 Å². The van der Waals surface area contributed by atoms with Crippen LogP contribution < -0.4 is 5.32 Å². The molecule has 29 heavy (non-hydrogen) atoms. The van der Waals surface area contributed by atoms with Gasteiger partial charge in [-0.3, -0.25) is 4.79 Å². The summed E-state index contributed by atoms with van der Waals surface area (Å²) in [6.45, 7) is 4.50. The highest BCUT2D eigenvalue weighted by Gasteiger charge is 2.35. The third-order valence-corrected chi connectivity index (χ3v) is 5.39. The fraction of sp³-hybridized carbons (Fsp3) is 0.250. The normalized spacial score (nSPS) is 17.2. The maximum Gasteiger partial charge on any atom is 0.298 e. The molecule has 1 amide bonds. The van der Waals surface area contributed by atoms with Gasteiger partial charge in [0, 0.05) is 12.0 Å². The van der Waals surface area contributed by atoms with Gasteiger partial charge in [0.25, 0.3) is 5.91 Å². The number of hydrogen-bond donors (Lipinski definition) is 1. The summed E-state index contributed by atoms with van der Waals surface area (Å²) < 4.78 is 5.62. The molecule has 1 aromatic heterocycles. The molecule has 3 aromatic rings. The van der Waals surface area contributed by atoms with Gasteiger partial charge in [0.2, 0.25) is 0 Å². The lowest BCUT2D eigenvalue weighted by atomic mass is 10.0. The van der Waals surface area contributed by atoms with E-state index in [0.717, 1.165) is 17.0 Å². The molecule has 4 rings (SSSR count). The van der Waals surface area contributed by atoms with Gasteiger partial charge in [0.15, 0.2) is 6.54 Å². The van der Waals surface area contributed by atoms with Crippen LogP contribution in [0.5, 0.6) is 0 Å². The lowest BCUT2D eigenvalue weighted by molar-refractivity contribution is -0.683. The number of carbonyl (C=O) groups is 1. The molecule has 2 heterocycles. The highest BCUT2D eigenvalue weighted by Crippen LogP contribution is 2.32. The van der Waals surface area contributed by atoms with Crippen LogP contribution in [-0.2, 0) is 4.79 Å². The fourth-order valence-corrected chi connectivity index (χ4v) is 3.63. The minimum Gasteiger partial charge on any atom is -0.467 e. The van der Waals surface area contributed by atoms with Crippen molar-refractivity contribution >= 4 is 11.6 Å². The van der Waals surface area contributed by atoms with Gasteiger partial charge in [0.05, 0.1) is 12.0 Å². The van der Waals surface area contributed by atoms with E-state index in [1.807, 2.05) is 30.3 Å². The predicted molar refractivity (Wildman–Crippen MR) is 112 cm³/mol. The summed E-state index contributed by atoms with van der Waals surface area (Å²) in [7, 11) is 0. The minimum absolute atomic E-state index is 0.0173. The van der Waals surface area contributed by atoms with Gasteiger partial charge in [-0.15, -0.1) is 0 Å². The molecule has 148 valence electrons. The van der Waals surface area contributed by atoms with Gasteiger partial charge in [-0.25, -0.2) is 5.01 Å². The molecule has 1 aliphatic heterocycles. The minimum atomic E-state index is -0.200. The molecule has 0 saturated heterocycles. The second kappa shape index (κ2) is 8.45. The lowest BCUT2D eigenvalue weighted by Crippen LogP contribution is -2.86. The molecule has 1 aliphatic rings. The van der Waals surface area contributed by atoms with Crippen molar-refractivity contribution in [2.24, 2.45) is 5.10 Å². The van der Waals surface area contributed by atoms with Crippen molar-refractivity contribution in [3.63, 3.8) is 0 Å². The highest BCUT2D eigenvalue weighted by molar-refractivity contribution is 6.03. The Morgan fingerprint density at radius 1 is 1.14 bits per heavy atom. The molecule has 0 bridgehead atoms. The van der Waals surface area contributed by atoms with Crippen molar-refractivity contribution in [3.8, 4) is 0 Å². The molecule has 2 aromatic carbocycles. The van der Waals surface area contributed by atoms with Crippen LogP contribution in [0.4, 0.5) is 0 Å². The number of quaternary nitrogens is 1. The number of hydrazone groups is 1. The van der Waals surface area contributed by atoms with Crippen LogP contribution in [-0.4, -0.2) is 23.2 Å². The summed E-state index contributed by atoms with van der Waals surface area (Å²) in [5.74, 6) is 0.747. The number of furan rings is 1. The fourth-order valence-electron chi connectivity index (χ4n) is 3.63. The first-order valence-corrected chi connectivity index (χ1v) is 10.00. The van der Waals surface area contributed by atoms with Crippen LogP contribution in [0.2, 0.25) is 0 Å². The van der Waals surface area contributed by atoms with E-state index in [1.165, 1.54) is 11.1 Å². The van der Waals surface area contributed by atoms with Gasteiger partial charge in [-0.1, -0.05) is 60.2 Å². The number of nitrogens with two attached hydrogens (primary N) is 1. The number of hydrogen-bond acceptors (Lipinski definition) is 3. The average molecular weight is 388 g/mol. The average Bonchev–Trinajstić information content (AvgIpc) is 3.43. The first kappa shape index (κ1) is 19.2. The highest BCUT2D eigenvalue weighted by atomic mass is 16.3. The zero-order valence-corrected chi connectivity index (χ0v) is 16.8. The number of carbonyl (C=O) groups excluding carboxylic acids is 1. The molecule has 0 unspecified atom stereocenters. The summed E-state index contributed by atoms with van der Waals surface area (Å²) in [5.41, 5.74) is 4.36. The van der Waals surface area contributed by atoms with Crippen LogP contribution in [0.15, 0.2) is 82.5 Å². The van der Waals surface area contributed by atoms with E-state index < -0.39 is 0 Å². The third-order valence-electron chi connectivity index (χ3n) is 5.39. The molecule has 0 spiro atoms. The first-order valence-electron chi connectivity index (χ1n) is 10.00. The monoisotopic (exact) mass is 388 g/mol. The summed E-state index contributed by atoms with van der Waals surface area (Å²) in [6, 6.07) is 22.2. The third kappa shape index (κ3) is 4.30. The summed E-state index contributed by atoms with van der Waals surface area (Å²) in [5, 5.41) is 8.35. The number of rotatable bonds is 6. The molecular formula is C24H26N3O2+. The molecule has 5 heteroatoms. The van der Waals surface area contributed by atoms with E-state index in [0.29, 0.717) is 13.0 Å². The quantitative estimate of drug-likeness (QED) is 0.701. The number of amides is 1. The summed E-state index contributed by atoms with van der Waals surface area (Å²) >= 11 is 0. The predicted octanol–water partition coefficient (Wildman–Crippen LogP) is 3.59. The second-order valence-electron chi connectivity index (χ2n) is 7.53. The van der Waals surface area contributed by atoms with E-state index in [9.17, 15) is 4.79 Å². The van der Waals surface area contributed by atoms with Gasteiger partial charge in [-0.05, 0) is 31.5 Å². The Morgan fingerprint density at radius 2 is 1.90 bits per heavy atom. The van der Waals surface area contributed by atoms with Crippen LogP contribution in [0, 0.1) is 6.92 Å². The topological polar surface area (TPSA) is 62.4 Å². The second-order valence-corrected chi connectivity index (χ2v) is 7.53. The summed E-state index contributed by atoms with van der Waals surface area (Å²) in [4.78, 5) is 13.1. The molecule has 2 N–H and O–H groups in total. The molecular weight excluding hydrogens is 362 g/mol. The van der Waals surface area contributed by atoms with Gasteiger partial charge < -0.3 is 9.73 Å². The van der Waals surface area contributed by atoms with Crippen molar-refractivity contribution in [2.75, 3.05) is 6.54 Å². The molecule has 5 nitrogen and oxygen atoms in total. The molecule has 0 radical (unpaired) electrons. The van der Waals surface area contributed by atoms with Gasteiger partial charge >= 0.3 is 0 Å². The van der Waals surface area contributed by atoms with Gasteiger partial charge in [-0.2, -0.15) is 5.10 Å². The van der Waals surface area contributed by atoms with Crippen molar-refractivity contribution in [1.82, 2.24) is 5.01 Å². The van der Waals surface area contributed by atoms with Crippen molar-refractivity contribution in [2.45, 2.75) is 32.4 Å². The van der Waals surface area contributed by atoms with Crippen LogP contribution in [0.25, 0.3) is 0 Å². The van der Waals surface area contributed by atoms with E-state index in [2.05, 4.69) is 55.6 Å². The Morgan fingerprint density at radius 3 is 2.59 bits per heavy atom. The van der Waals surface area contributed by atoms with Crippen molar-refractivity contribution in [3.05, 3.63) is 95.4 Å². The zero-order valence-electron chi connectivity index (χ0n) is 16.8. The Kier molecular flexibility index (Phi) is 5.58.